The van der Waals surface area contributed by atoms with Gasteiger partial charge in [-0.15, -0.1) is 5.01 Å². The molecule has 27 heavy (non-hydrogen) atoms. The van der Waals surface area contributed by atoms with Crippen LogP contribution in [0.3, 0.4) is 0 Å². The second kappa shape index (κ2) is 6.87. The fourth-order valence-electron chi connectivity index (χ4n) is 2.96. The molecule has 1 atom stereocenters. The van der Waals surface area contributed by atoms with Gasteiger partial charge in [0.2, 0.25) is 0 Å². The number of hydrogen-bond donors (Lipinski definition) is 0. The van der Waals surface area contributed by atoms with Gasteiger partial charge < -0.3 is 9.47 Å². The van der Waals surface area contributed by atoms with Crippen molar-refractivity contribution in [1.82, 2.24) is 10.0 Å². The lowest BCUT2D eigenvalue weighted by molar-refractivity contribution is -0.208. The van der Waals surface area contributed by atoms with Gasteiger partial charge in [-0.1, -0.05) is 37.3 Å². The average molecular weight is 376 g/mol. The second-order valence-corrected chi connectivity index (χ2v) is 8.47. The lowest BCUT2D eigenvalue weighted by Crippen LogP contribution is -2.78. The molecule has 0 N–H and O–H groups in total. The zero-order valence-electron chi connectivity index (χ0n) is 17.0. The minimum Gasteiger partial charge on any atom is -0.442 e. The highest BCUT2D eigenvalue weighted by atomic mass is 16.6. The number of hydrogen-bond acceptors (Lipinski definition) is 5. The van der Waals surface area contributed by atoms with E-state index in [1.54, 1.807) is 72.7 Å². The molecule has 0 saturated carbocycles. The van der Waals surface area contributed by atoms with E-state index in [1.165, 1.54) is 0 Å². The SMILES string of the molecule is CC[C@@]1(c2ccccc2)C(=O)N(C(=O)OC(C)(C)C)N1C(=O)OC(C)(C)C. The number of carbonyl (C=O) groups excluding carboxylic acids is 3. The zero-order chi connectivity index (χ0) is 20.6. The molecule has 1 aromatic rings. The van der Waals surface area contributed by atoms with Gasteiger partial charge >= 0.3 is 12.2 Å². The summed E-state index contributed by atoms with van der Waals surface area (Å²) < 4.78 is 10.8. The second-order valence-electron chi connectivity index (χ2n) is 8.47. The van der Waals surface area contributed by atoms with Crippen LogP contribution in [0.1, 0.15) is 60.5 Å². The van der Waals surface area contributed by atoms with E-state index in [2.05, 4.69) is 0 Å². The first-order valence-electron chi connectivity index (χ1n) is 8.99. The van der Waals surface area contributed by atoms with Crippen molar-refractivity contribution in [3.8, 4) is 0 Å². The number of benzene rings is 1. The van der Waals surface area contributed by atoms with Crippen molar-refractivity contribution in [2.24, 2.45) is 0 Å². The molecule has 1 heterocycles. The molecule has 2 rings (SSSR count). The van der Waals surface area contributed by atoms with Gasteiger partial charge in [0.1, 0.15) is 11.2 Å². The van der Waals surface area contributed by atoms with Crippen molar-refractivity contribution in [2.75, 3.05) is 0 Å². The normalized spacial score (nSPS) is 20.2. The van der Waals surface area contributed by atoms with Crippen LogP contribution in [0, 0.1) is 0 Å². The Morgan fingerprint density at radius 2 is 1.41 bits per heavy atom. The molecular formula is C20H28N2O5. The van der Waals surface area contributed by atoms with E-state index in [-0.39, 0.29) is 6.42 Å². The van der Waals surface area contributed by atoms with Crippen LogP contribution in [0.4, 0.5) is 9.59 Å². The summed E-state index contributed by atoms with van der Waals surface area (Å²) in [5.74, 6) is -0.517. The number of hydrazine groups is 1. The predicted molar refractivity (Wildman–Crippen MR) is 99.6 cm³/mol. The molecule has 0 bridgehead atoms. The molecule has 7 heteroatoms. The average Bonchev–Trinajstić information content (AvgIpc) is 2.50. The number of ether oxygens (including phenoxy) is 2. The van der Waals surface area contributed by atoms with Crippen molar-refractivity contribution in [3.05, 3.63) is 35.9 Å². The van der Waals surface area contributed by atoms with Crippen molar-refractivity contribution in [2.45, 2.75) is 71.6 Å². The van der Waals surface area contributed by atoms with E-state index >= 15 is 0 Å². The van der Waals surface area contributed by atoms with E-state index in [9.17, 15) is 14.4 Å². The summed E-state index contributed by atoms with van der Waals surface area (Å²) >= 11 is 0. The maximum Gasteiger partial charge on any atom is 0.437 e. The van der Waals surface area contributed by atoms with Crippen molar-refractivity contribution < 1.29 is 23.9 Å². The van der Waals surface area contributed by atoms with Gasteiger partial charge in [-0.05, 0) is 53.5 Å². The van der Waals surface area contributed by atoms with E-state index in [1.807, 2.05) is 6.07 Å². The highest BCUT2D eigenvalue weighted by molar-refractivity contribution is 6.06. The first-order valence-corrected chi connectivity index (χ1v) is 8.99. The van der Waals surface area contributed by atoms with Gasteiger partial charge in [-0.3, -0.25) is 4.79 Å². The number of rotatable bonds is 2. The highest BCUT2D eigenvalue weighted by Gasteiger charge is 2.66. The minimum absolute atomic E-state index is 0.286. The van der Waals surface area contributed by atoms with Crippen LogP contribution in [0.25, 0.3) is 0 Å². The van der Waals surface area contributed by atoms with Crippen LogP contribution >= 0.6 is 0 Å². The van der Waals surface area contributed by atoms with Crippen molar-refractivity contribution in [3.63, 3.8) is 0 Å². The largest absolute Gasteiger partial charge is 0.442 e. The first kappa shape index (κ1) is 20.7. The smallest absolute Gasteiger partial charge is 0.437 e. The Hall–Kier alpha value is -2.57. The Kier molecular flexibility index (Phi) is 5.27. The van der Waals surface area contributed by atoms with Gasteiger partial charge in [0, 0.05) is 0 Å². The number of nitrogens with zero attached hydrogens (tertiary/aromatic N) is 2. The molecule has 148 valence electrons. The topological polar surface area (TPSA) is 76.2 Å². The van der Waals surface area contributed by atoms with Gasteiger partial charge in [0.05, 0.1) is 0 Å². The van der Waals surface area contributed by atoms with E-state index in [0.29, 0.717) is 5.56 Å². The molecule has 7 nitrogen and oxygen atoms in total. The van der Waals surface area contributed by atoms with Gasteiger partial charge in [0.25, 0.3) is 5.91 Å². The predicted octanol–water partition coefficient (Wildman–Crippen LogP) is 4.22. The highest BCUT2D eigenvalue weighted by Crippen LogP contribution is 2.45. The molecule has 1 aliphatic rings. The molecular weight excluding hydrogens is 348 g/mol. The van der Waals surface area contributed by atoms with Crippen LogP contribution in [0.15, 0.2) is 30.3 Å². The zero-order valence-corrected chi connectivity index (χ0v) is 17.0. The molecule has 1 saturated heterocycles. The minimum atomic E-state index is -1.31. The summed E-state index contributed by atoms with van der Waals surface area (Å²) in [5.41, 5.74) is -2.29. The molecule has 0 unspecified atom stereocenters. The maximum absolute atomic E-state index is 13.1. The molecule has 1 fully saturated rings. The number of amides is 3. The molecule has 0 aliphatic carbocycles. The van der Waals surface area contributed by atoms with Gasteiger partial charge in [-0.2, -0.15) is 5.01 Å². The van der Waals surface area contributed by atoms with Crippen LogP contribution < -0.4 is 0 Å². The summed E-state index contributed by atoms with van der Waals surface area (Å²) in [7, 11) is 0. The van der Waals surface area contributed by atoms with E-state index < -0.39 is 34.8 Å². The third-order valence-electron chi connectivity index (χ3n) is 4.00. The van der Waals surface area contributed by atoms with Crippen LogP contribution in [-0.2, 0) is 19.8 Å². The lowest BCUT2D eigenvalue weighted by Gasteiger charge is -2.55. The third-order valence-corrected chi connectivity index (χ3v) is 4.00. The van der Waals surface area contributed by atoms with Gasteiger partial charge in [-0.25, -0.2) is 9.59 Å². The van der Waals surface area contributed by atoms with Crippen molar-refractivity contribution >= 4 is 18.1 Å². The number of carbonyl (C=O) groups is 3. The Balaban J connectivity index is 2.49. The summed E-state index contributed by atoms with van der Waals surface area (Å²) in [6, 6.07) is 8.89. The summed E-state index contributed by atoms with van der Waals surface area (Å²) in [6.07, 6.45) is -1.40. The maximum atomic E-state index is 13.1. The van der Waals surface area contributed by atoms with Crippen LogP contribution in [0.2, 0.25) is 0 Å². The molecule has 1 aromatic carbocycles. The molecule has 0 radical (unpaired) electrons. The Morgan fingerprint density at radius 3 is 1.85 bits per heavy atom. The fourth-order valence-corrected chi connectivity index (χ4v) is 2.96. The summed E-state index contributed by atoms with van der Waals surface area (Å²) in [5, 5.41) is 1.81. The third kappa shape index (κ3) is 3.91. The standard InChI is InChI=1S/C20H28N2O5/c1-8-20(14-12-10-9-11-13-14)15(23)21(16(24)26-18(2,3)4)22(20)17(25)27-19(5,6)7/h9-13H,8H2,1-7H3/t20-/m1/s1. The van der Waals surface area contributed by atoms with Crippen LogP contribution in [-0.4, -0.2) is 39.3 Å². The Bertz CT molecular complexity index is 733. The lowest BCUT2D eigenvalue weighted by atomic mass is 9.81. The molecule has 3 amide bonds. The van der Waals surface area contributed by atoms with Crippen molar-refractivity contribution in [1.29, 1.82) is 0 Å². The Morgan fingerprint density at radius 1 is 0.926 bits per heavy atom. The summed E-state index contributed by atoms with van der Waals surface area (Å²) in [6.45, 7) is 12.0. The quantitative estimate of drug-likeness (QED) is 0.772. The van der Waals surface area contributed by atoms with Gasteiger partial charge in [0.15, 0.2) is 5.54 Å². The summed E-state index contributed by atoms with van der Waals surface area (Å²) in [4.78, 5) is 38.6. The van der Waals surface area contributed by atoms with E-state index in [4.69, 9.17) is 9.47 Å². The van der Waals surface area contributed by atoms with E-state index in [0.717, 1.165) is 10.0 Å². The Labute approximate surface area is 160 Å². The molecule has 1 aliphatic heterocycles. The van der Waals surface area contributed by atoms with Crippen LogP contribution in [0.5, 0.6) is 0 Å². The fraction of sp³-hybridized carbons (Fsp3) is 0.550. The number of imide groups is 1. The monoisotopic (exact) mass is 376 g/mol. The first-order chi connectivity index (χ1) is 12.3. The molecule has 0 aromatic heterocycles. The molecule has 0 spiro atoms.